The number of aromatic nitrogens is 1. The molecule has 1 heterocycles. The van der Waals surface area contributed by atoms with Crippen LogP contribution in [0.3, 0.4) is 0 Å². The fourth-order valence-corrected chi connectivity index (χ4v) is 7.35. The molecule has 2 atom stereocenters. The molecule has 2 aliphatic carbocycles. The number of fused-ring (bicyclic) bond motifs is 1. The maximum absolute atomic E-state index is 12.8. The highest BCUT2D eigenvalue weighted by atomic mass is 32.2. The first-order valence-corrected chi connectivity index (χ1v) is 22.5. The van der Waals surface area contributed by atoms with Crippen molar-refractivity contribution < 1.29 is 41.8 Å². The van der Waals surface area contributed by atoms with Crippen molar-refractivity contribution in [3.63, 3.8) is 0 Å². The molecular weight excluding hydrogens is 827 g/mol. The topological polar surface area (TPSA) is 211 Å². The lowest BCUT2D eigenvalue weighted by Gasteiger charge is -2.29. The number of nitrogens with one attached hydrogen (secondary N) is 5. The van der Waals surface area contributed by atoms with Crippen LogP contribution in [-0.4, -0.2) is 75.9 Å². The van der Waals surface area contributed by atoms with E-state index in [0.717, 1.165) is 41.8 Å². The molecule has 63 heavy (non-hydrogen) atoms. The van der Waals surface area contributed by atoms with Gasteiger partial charge in [0.05, 0.1) is 25.0 Å². The van der Waals surface area contributed by atoms with Crippen LogP contribution >= 0.6 is 0 Å². The highest BCUT2D eigenvalue weighted by Crippen LogP contribution is 2.27. The van der Waals surface area contributed by atoms with Crippen molar-refractivity contribution in [2.75, 3.05) is 26.1 Å². The van der Waals surface area contributed by atoms with Crippen LogP contribution in [0.2, 0.25) is 0 Å². The van der Waals surface area contributed by atoms with Crippen molar-refractivity contribution >= 4 is 50.9 Å². The molecule has 0 bridgehead atoms. The zero-order valence-electron chi connectivity index (χ0n) is 37.2. The summed E-state index contributed by atoms with van der Waals surface area (Å²) in [7, 11) is -0.0786. The predicted molar refractivity (Wildman–Crippen MR) is 247 cm³/mol. The molecule has 342 valence electrons. The van der Waals surface area contributed by atoms with Crippen molar-refractivity contribution in [3.05, 3.63) is 102 Å². The maximum Gasteiger partial charge on any atom is 0.412 e. The van der Waals surface area contributed by atoms with Gasteiger partial charge in [-0.25, -0.2) is 13.2 Å². The van der Waals surface area contributed by atoms with Gasteiger partial charge >= 0.3 is 6.09 Å². The van der Waals surface area contributed by atoms with Crippen molar-refractivity contribution in [3.8, 4) is 22.8 Å². The number of hydrogen-bond donors (Lipinski definition) is 5. The second-order valence-corrected chi connectivity index (χ2v) is 18.0. The van der Waals surface area contributed by atoms with Gasteiger partial charge in [0, 0.05) is 52.8 Å². The van der Waals surface area contributed by atoms with E-state index >= 15 is 0 Å². The summed E-state index contributed by atoms with van der Waals surface area (Å²) in [6, 6.07) is 24.0. The standard InChI is InChI=1S/C25H39N3O5.C16H13NO2.C4H7NO3S.C2H4/c1-6-17(22(29)27-18-10-7-11-18)9-8-16-26-23(30)21(25(2,3)4)33-24(31)28-19-12-14-20(32-5)15-13-19;1-19-12-7-8-13-15(9-12)17-14(10-16(13)18)11-5-3-2-4-6-11;6-3-5-9(7,8)4-1-2-4;1-2/h12-15,17-18,21H,6-11,16H2,1-5H3,(H,26,30)(H,27,29)(H,28,31);2-10H,1H3,(H,17,18);3-4H,1-2H2,(H,5,6);1-2H2/t17-,21+;;;/m0.../s1. The first kappa shape index (κ1) is 51.2. The molecule has 2 saturated carbocycles. The van der Waals surface area contributed by atoms with Crippen LogP contribution in [0.5, 0.6) is 11.5 Å². The number of sulfonamides is 1. The van der Waals surface area contributed by atoms with E-state index < -0.39 is 27.6 Å². The van der Waals surface area contributed by atoms with Gasteiger partial charge in [-0.15, -0.1) is 13.2 Å². The van der Waals surface area contributed by atoms with Gasteiger partial charge in [0.1, 0.15) is 11.5 Å². The van der Waals surface area contributed by atoms with Gasteiger partial charge in [-0.3, -0.25) is 29.2 Å². The second-order valence-electron chi connectivity index (χ2n) is 16.0. The maximum atomic E-state index is 12.8. The Kier molecular flexibility index (Phi) is 20.4. The summed E-state index contributed by atoms with van der Waals surface area (Å²) >= 11 is 0. The first-order chi connectivity index (χ1) is 30.1. The predicted octanol–water partition coefficient (Wildman–Crippen LogP) is 7.48. The summed E-state index contributed by atoms with van der Waals surface area (Å²) < 4.78 is 38.8. The van der Waals surface area contributed by atoms with Crippen molar-refractivity contribution in [2.45, 2.75) is 96.5 Å². The van der Waals surface area contributed by atoms with Crippen molar-refractivity contribution in [1.29, 1.82) is 0 Å². The number of anilines is 1. The molecule has 4 aromatic rings. The normalized spacial score (nSPS) is 14.1. The van der Waals surface area contributed by atoms with Gasteiger partial charge in [0.2, 0.25) is 22.3 Å². The van der Waals surface area contributed by atoms with E-state index in [1.54, 1.807) is 61.4 Å². The Balaban J connectivity index is 0.000000291. The monoisotopic (exact) mass is 889 g/mol. The SMILES string of the molecule is C=C.CC[C@@H](CCCNC(=O)[C@@H](OC(=O)Nc1ccc(OC)cc1)C(C)(C)C)C(=O)NC1CCC1.COc1ccc2c(=O)cc(-c3ccccc3)[nH]c2c1.O=CNS(=O)(=O)C1CC1. The zero-order valence-corrected chi connectivity index (χ0v) is 38.0. The van der Waals surface area contributed by atoms with E-state index in [1.165, 1.54) is 6.42 Å². The molecule has 16 heteroatoms. The molecule has 0 spiro atoms. The summed E-state index contributed by atoms with van der Waals surface area (Å²) in [6.45, 7) is 14.0. The number of rotatable bonds is 16. The molecule has 0 unspecified atom stereocenters. The number of amides is 4. The third-order valence-electron chi connectivity index (χ3n) is 10.2. The number of methoxy groups -OCH3 is 2. The van der Waals surface area contributed by atoms with E-state index in [9.17, 15) is 32.4 Å². The minimum Gasteiger partial charge on any atom is -0.497 e. The van der Waals surface area contributed by atoms with E-state index in [2.05, 4.69) is 34.1 Å². The number of pyridine rings is 1. The summed E-state index contributed by atoms with van der Waals surface area (Å²) in [5.74, 6) is 1.12. The van der Waals surface area contributed by atoms with Gasteiger partial charge in [-0.1, -0.05) is 58.0 Å². The fraction of sp³-hybridized carbons (Fsp3) is 0.426. The van der Waals surface area contributed by atoms with Crippen LogP contribution in [0.25, 0.3) is 22.2 Å². The van der Waals surface area contributed by atoms with Gasteiger partial charge in [-0.05, 0) is 93.3 Å². The number of benzene rings is 3. The number of carbonyl (C=O) groups is 4. The Labute approximate surface area is 370 Å². The van der Waals surface area contributed by atoms with Crippen molar-refractivity contribution in [2.24, 2.45) is 11.3 Å². The average molecular weight is 890 g/mol. The molecule has 0 aliphatic heterocycles. The average Bonchev–Trinajstić information content (AvgIpc) is 4.12. The lowest BCUT2D eigenvalue weighted by molar-refractivity contribution is -0.134. The number of hydrogen-bond acceptors (Lipinski definition) is 10. The number of ether oxygens (including phenoxy) is 3. The number of H-pyrrole nitrogens is 1. The van der Waals surface area contributed by atoms with Gasteiger partial charge < -0.3 is 29.8 Å². The Morgan fingerprint density at radius 1 is 0.889 bits per heavy atom. The Bertz CT molecular complexity index is 2250. The minimum absolute atomic E-state index is 0.00950. The van der Waals surface area contributed by atoms with Crippen LogP contribution in [0.15, 0.2) is 96.8 Å². The van der Waals surface area contributed by atoms with Gasteiger partial charge in [0.15, 0.2) is 11.5 Å². The van der Waals surface area contributed by atoms with Gasteiger partial charge in [0.25, 0.3) is 5.91 Å². The van der Waals surface area contributed by atoms with Crippen LogP contribution in [0, 0.1) is 11.3 Å². The second kappa shape index (κ2) is 25.1. The molecule has 3 aromatic carbocycles. The largest absolute Gasteiger partial charge is 0.497 e. The number of carbonyl (C=O) groups excluding carboxylic acids is 4. The molecule has 0 saturated heterocycles. The molecule has 5 N–H and O–H groups in total. The molecule has 2 aliphatic rings. The lowest BCUT2D eigenvalue weighted by Crippen LogP contribution is -2.46. The van der Waals surface area contributed by atoms with E-state index in [1.807, 2.05) is 64.1 Å². The van der Waals surface area contributed by atoms with Crippen LogP contribution in [0.4, 0.5) is 10.5 Å². The quantitative estimate of drug-likeness (QED) is 0.0425. The fourth-order valence-electron chi connectivity index (χ4n) is 6.27. The van der Waals surface area contributed by atoms with Crippen LogP contribution in [-0.2, 0) is 29.1 Å². The van der Waals surface area contributed by atoms with E-state index in [-0.39, 0.29) is 34.8 Å². The lowest BCUT2D eigenvalue weighted by atomic mass is 9.88. The van der Waals surface area contributed by atoms with Crippen LogP contribution < -0.4 is 35.6 Å². The summed E-state index contributed by atoms with van der Waals surface area (Å²) in [5, 5.41) is 8.97. The summed E-state index contributed by atoms with van der Waals surface area (Å²) in [5.41, 5.74) is 2.55. The molecule has 15 nitrogen and oxygen atoms in total. The Morgan fingerprint density at radius 2 is 1.52 bits per heavy atom. The summed E-state index contributed by atoms with van der Waals surface area (Å²) in [6.07, 6.45) is 5.38. The molecule has 6 rings (SSSR count). The van der Waals surface area contributed by atoms with Crippen LogP contribution in [0.1, 0.15) is 79.1 Å². The molecule has 1 aromatic heterocycles. The van der Waals surface area contributed by atoms with E-state index in [4.69, 9.17) is 14.2 Å². The molecule has 0 radical (unpaired) electrons. The minimum atomic E-state index is -3.26. The van der Waals surface area contributed by atoms with E-state index in [0.29, 0.717) is 55.1 Å². The van der Waals surface area contributed by atoms with Crippen molar-refractivity contribution in [1.82, 2.24) is 20.3 Å². The summed E-state index contributed by atoms with van der Waals surface area (Å²) in [4.78, 5) is 62.6. The smallest absolute Gasteiger partial charge is 0.412 e. The first-order valence-electron chi connectivity index (χ1n) is 21.0. The molecular formula is C47H63N5O10S. The highest BCUT2D eigenvalue weighted by Gasteiger charge is 2.36. The highest BCUT2D eigenvalue weighted by molar-refractivity contribution is 7.90. The number of aromatic amines is 1. The Hall–Kier alpha value is -6.16. The zero-order chi connectivity index (χ0) is 46.6. The molecule has 2 fully saturated rings. The third kappa shape index (κ3) is 16.6. The Morgan fingerprint density at radius 3 is 2.06 bits per heavy atom. The molecule has 4 amide bonds. The van der Waals surface area contributed by atoms with Gasteiger partial charge in [-0.2, -0.15) is 0 Å². The third-order valence-corrected chi connectivity index (χ3v) is 12.0.